The Balaban J connectivity index is -0.0000000720. The van der Waals surface area contributed by atoms with E-state index in [9.17, 15) is 13.2 Å². The van der Waals surface area contributed by atoms with E-state index in [1.165, 1.54) is 0 Å². The van der Waals surface area contributed by atoms with E-state index in [-0.39, 0.29) is 25.8 Å². The molecule has 2 N–H and O–H groups in total. The maximum atomic E-state index is 9.67. The summed E-state index contributed by atoms with van der Waals surface area (Å²) in [6.07, 6.45) is -1.83. The Hall–Kier alpha value is -0.0699. The fourth-order valence-corrected chi connectivity index (χ4v) is 0. The summed E-state index contributed by atoms with van der Waals surface area (Å²) < 4.78 is 29.0. The van der Waals surface area contributed by atoms with E-state index in [4.69, 9.17) is 15.0 Å². The average molecular weight is 250 g/mol. The van der Waals surface area contributed by atoms with Gasteiger partial charge in [-0.15, -0.1) is 0 Å². The van der Waals surface area contributed by atoms with Crippen LogP contribution in [0.3, 0.4) is 0 Å². The molecular formula is C2H6F3InO3. The molecule has 0 aromatic rings. The number of rotatable bonds is 0. The van der Waals surface area contributed by atoms with Crippen LogP contribution in [0, 0.1) is 0 Å². The molecule has 0 saturated heterocycles. The molecule has 0 saturated carbocycles. The van der Waals surface area contributed by atoms with Gasteiger partial charge < -0.3 is 10.2 Å². The van der Waals surface area contributed by atoms with Gasteiger partial charge in [-0.05, 0) is 0 Å². The number of carboxylic acid groups (broad SMARTS) is 2. The summed E-state index contributed by atoms with van der Waals surface area (Å²) in [4.78, 5) is 8.56. The maximum absolute atomic E-state index is 9.67. The summed E-state index contributed by atoms with van der Waals surface area (Å²) in [5, 5.41) is 13.9. The normalized spacial score (nSPS) is 6.67. The zero-order chi connectivity index (χ0) is 7.15. The molecule has 56 valence electrons. The van der Waals surface area contributed by atoms with Crippen molar-refractivity contribution in [1.29, 1.82) is 0 Å². The van der Waals surface area contributed by atoms with Crippen molar-refractivity contribution in [2.45, 2.75) is 6.68 Å². The predicted octanol–water partition coefficient (Wildman–Crippen LogP) is 0.217. The first-order chi connectivity index (χ1) is 3.46. The van der Waals surface area contributed by atoms with Gasteiger partial charge in [-0.1, -0.05) is 0 Å². The van der Waals surface area contributed by atoms with Crippen LogP contribution in [0.1, 0.15) is 0 Å². The number of hydrogen-bond donors (Lipinski definition) is 2. The van der Waals surface area contributed by atoms with Gasteiger partial charge in [-0.3, -0.25) is 0 Å². The zero-order valence-corrected chi connectivity index (χ0v) is 3.51. The van der Waals surface area contributed by atoms with E-state index in [0.29, 0.717) is 0 Å². The Morgan fingerprint density at radius 3 is 1.22 bits per heavy atom. The second kappa shape index (κ2) is 10.8. The Morgan fingerprint density at radius 2 is 1.22 bits per heavy atom. The number of alkyl halides is 3. The third-order valence-corrected chi connectivity index (χ3v) is 0. The molecule has 0 heterocycles. The minimum atomic E-state index is -3.67. The first-order valence-corrected chi connectivity index (χ1v) is 1.31. The molecule has 0 bridgehead atoms. The third-order valence-electron chi connectivity index (χ3n) is 0. The van der Waals surface area contributed by atoms with E-state index in [0.717, 1.165) is 0 Å². The van der Waals surface area contributed by atoms with Crippen molar-refractivity contribution in [2.24, 2.45) is 0 Å². The van der Waals surface area contributed by atoms with Gasteiger partial charge in [0, 0.05) is 0 Å². The molecule has 0 aromatic carbocycles. The Labute approximate surface area is 67.3 Å². The van der Waals surface area contributed by atoms with Crippen molar-refractivity contribution in [3.05, 3.63) is 0 Å². The van der Waals surface area contributed by atoms with E-state index < -0.39 is 12.8 Å². The van der Waals surface area contributed by atoms with E-state index in [2.05, 4.69) is 0 Å². The SMILES string of the molecule is FC(F)F.O=C(O)O.[InH3]. The quantitative estimate of drug-likeness (QED) is 0.646. The fraction of sp³-hybridized carbons (Fsp3) is 0.500. The van der Waals surface area contributed by atoms with Crippen LogP contribution in [0.2, 0.25) is 0 Å². The van der Waals surface area contributed by atoms with E-state index in [1.54, 1.807) is 0 Å². The average Bonchev–Trinajstić information content (AvgIpc) is 1.25. The van der Waals surface area contributed by atoms with Gasteiger partial charge in [-0.2, -0.15) is 13.2 Å². The predicted molar refractivity (Wildman–Crippen MR) is 27.7 cm³/mol. The molecule has 0 aromatic heterocycles. The van der Waals surface area contributed by atoms with Crippen LogP contribution in [0.4, 0.5) is 18.0 Å². The molecule has 0 aliphatic heterocycles. The van der Waals surface area contributed by atoms with Crippen LogP contribution in [0.5, 0.6) is 0 Å². The molecule has 0 radical (unpaired) electrons. The second-order valence-corrected chi connectivity index (χ2v) is 0.530. The number of halogens is 3. The molecule has 0 aliphatic rings. The van der Waals surface area contributed by atoms with Crippen molar-refractivity contribution >= 4 is 32.0 Å². The van der Waals surface area contributed by atoms with Crippen LogP contribution in [-0.4, -0.2) is 48.9 Å². The Bertz CT molecular complexity index is 61.3. The molecule has 3 nitrogen and oxygen atoms in total. The Kier molecular flexibility index (Phi) is 19.2. The standard InChI is InChI=1S/CHF3.CH2O3.In.3H/c2*2-1(3)4;;;;/h1H;(H2,2,3,4);;;;. The van der Waals surface area contributed by atoms with Gasteiger partial charge in [0.15, 0.2) is 0 Å². The molecule has 0 amide bonds. The van der Waals surface area contributed by atoms with Crippen molar-refractivity contribution in [3.63, 3.8) is 0 Å². The van der Waals surface area contributed by atoms with Gasteiger partial charge in [0.2, 0.25) is 0 Å². The van der Waals surface area contributed by atoms with Crippen molar-refractivity contribution in [1.82, 2.24) is 0 Å². The van der Waals surface area contributed by atoms with Gasteiger partial charge >= 0.3 is 38.7 Å². The molecule has 0 fully saturated rings. The van der Waals surface area contributed by atoms with Gasteiger partial charge in [0.25, 0.3) is 0 Å². The molecule has 0 unspecified atom stereocenters. The summed E-state index contributed by atoms with van der Waals surface area (Å²) in [7, 11) is 0. The van der Waals surface area contributed by atoms with Crippen LogP contribution in [-0.2, 0) is 0 Å². The molecule has 0 rings (SSSR count). The van der Waals surface area contributed by atoms with Gasteiger partial charge in [0.05, 0.1) is 0 Å². The van der Waals surface area contributed by atoms with Crippen molar-refractivity contribution in [3.8, 4) is 0 Å². The molecule has 9 heavy (non-hydrogen) atoms. The summed E-state index contributed by atoms with van der Waals surface area (Å²) in [6, 6.07) is 0. The first-order valence-electron chi connectivity index (χ1n) is 1.31. The summed E-state index contributed by atoms with van der Waals surface area (Å²) in [5.41, 5.74) is 0. The fourth-order valence-electron chi connectivity index (χ4n) is 0. The Morgan fingerprint density at radius 1 is 1.22 bits per heavy atom. The van der Waals surface area contributed by atoms with Crippen LogP contribution < -0.4 is 0 Å². The van der Waals surface area contributed by atoms with E-state index >= 15 is 0 Å². The third kappa shape index (κ3) is 57100. The zero-order valence-electron chi connectivity index (χ0n) is 3.51. The first kappa shape index (κ1) is 16.0. The van der Waals surface area contributed by atoms with E-state index in [1.807, 2.05) is 0 Å². The summed E-state index contributed by atoms with van der Waals surface area (Å²) in [6.45, 7) is -3.67. The van der Waals surface area contributed by atoms with Gasteiger partial charge in [0.1, 0.15) is 0 Å². The number of hydrogen-bond acceptors (Lipinski definition) is 1. The monoisotopic (exact) mass is 250 g/mol. The van der Waals surface area contributed by atoms with Gasteiger partial charge in [-0.25, -0.2) is 4.79 Å². The minimum absolute atomic E-state index is 0. The van der Waals surface area contributed by atoms with Crippen LogP contribution >= 0.6 is 0 Å². The summed E-state index contributed by atoms with van der Waals surface area (Å²) in [5.74, 6) is 0. The number of carbonyl (C=O) groups is 1. The summed E-state index contributed by atoms with van der Waals surface area (Å²) >= 11 is 0. The van der Waals surface area contributed by atoms with Crippen molar-refractivity contribution in [2.75, 3.05) is 0 Å². The molecule has 0 spiro atoms. The van der Waals surface area contributed by atoms with Crippen molar-refractivity contribution < 1.29 is 28.2 Å². The molecular weight excluding hydrogens is 244 g/mol. The second-order valence-electron chi connectivity index (χ2n) is 0.530. The molecule has 0 aliphatic carbocycles. The van der Waals surface area contributed by atoms with Crippen LogP contribution in [0.15, 0.2) is 0 Å². The molecule has 7 heteroatoms. The topological polar surface area (TPSA) is 57.5 Å². The van der Waals surface area contributed by atoms with Crippen LogP contribution in [0.25, 0.3) is 0 Å². The molecule has 0 atom stereocenters.